The third-order valence-electron chi connectivity index (χ3n) is 4.14. The lowest BCUT2D eigenvalue weighted by Gasteiger charge is -2.33. The summed E-state index contributed by atoms with van der Waals surface area (Å²) in [6, 6.07) is 12.5. The number of piperidine rings is 1. The van der Waals surface area contributed by atoms with Crippen molar-refractivity contribution in [1.29, 1.82) is 0 Å². The van der Waals surface area contributed by atoms with E-state index in [9.17, 15) is 0 Å². The molecule has 0 aliphatic carbocycles. The molecule has 1 aliphatic rings. The monoisotopic (exact) mass is 322 g/mol. The van der Waals surface area contributed by atoms with Gasteiger partial charge in [-0.3, -0.25) is 4.90 Å². The SMILES string of the molecule is Cl.OCCCN1CCCCC1c1cc(-c2ccccc2)no1. The van der Waals surface area contributed by atoms with Crippen LogP contribution >= 0.6 is 12.4 Å². The van der Waals surface area contributed by atoms with Gasteiger partial charge in [-0.25, -0.2) is 0 Å². The average Bonchev–Trinajstić information content (AvgIpc) is 3.04. The van der Waals surface area contributed by atoms with Gasteiger partial charge in [0.1, 0.15) is 5.69 Å². The average molecular weight is 323 g/mol. The normalized spacial score (nSPS) is 18.9. The highest BCUT2D eigenvalue weighted by atomic mass is 35.5. The summed E-state index contributed by atoms with van der Waals surface area (Å²) in [6.45, 7) is 2.24. The third-order valence-corrected chi connectivity index (χ3v) is 4.14. The Morgan fingerprint density at radius 2 is 2.05 bits per heavy atom. The van der Waals surface area contributed by atoms with Crippen LogP contribution in [0.5, 0.6) is 0 Å². The summed E-state index contributed by atoms with van der Waals surface area (Å²) in [5.41, 5.74) is 1.99. The Bertz CT molecular complexity index is 559. The molecule has 1 N–H and O–H groups in total. The van der Waals surface area contributed by atoms with Crippen LogP contribution in [0.1, 0.15) is 37.5 Å². The summed E-state index contributed by atoms with van der Waals surface area (Å²) in [6.07, 6.45) is 4.37. The Balaban J connectivity index is 0.00000176. The number of hydrogen-bond donors (Lipinski definition) is 1. The van der Waals surface area contributed by atoms with Crippen molar-refractivity contribution >= 4 is 12.4 Å². The fourth-order valence-corrected chi connectivity index (χ4v) is 3.05. The first kappa shape index (κ1) is 17.0. The van der Waals surface area contributed by atoms with Crippen molar-refractivity contribution in [2.24, 2.45) is 0 Å². The summed E-state index contributed by atoms with van der Waals surface area (Å²) in [5.74, 6) is 0.950. The highest BCUT2D eigenvalue weighted by molar-refractivity contribution is 5.85. The van der Waals surface area contributed by atoms with E-state index in [-0.39, 0.29) is 19.0 Å². The Labute approximate surface area is 137 Å². The lowest BCUT2D eigenvalue weighted by atomic mass is 9.99. The van der Waals surface area contributed by atoms with E-state index in [1.165, 1.54) is 12.8 Å². The van der Waals surface area contributed by atoms with Crippen molar-refractivity contribution in [1.82, 2.24) is 10.1 Å². The van der Waals surface area contributed by atoms with Crippen molar-refractivity contribution < 1.29 is 9.63 Å². The van der Waals surface area contributed by atoms with Crippen molar-refractivity contribution in [3.8, 4) is 11.3 Å². The Morgan fingerprint density at radius 1 is 1.23 bits per heavy atom. The number of rotatable bonds is 5. The number of benzene rings is 1. The molecule has 1 aliphatic heterocycles. The second-order valence-corrected chi connectivity index (χ2v) is 5.61. The molecule has 1 unspecified atom stereocenters. The summed E-state index contributed by atoms with van der Waals surface area (Å²) in [4.78, 5) is 2.41. The van der Waals surface area contributed by atoms with Gasteiger partial charge in [0.05, 0.1) is 6.04 Å². The second-order valence-electron chi connectivity index (χ2n) is 5.61. The molecule has 0 radical (unpaired) electrons. The highest BCUT2D eigenvalue weighted by Crippen LogP contribution is 2.33. The molecule has 22 heavy (non-hydrogen) atoms. The fourth-order valence-electron chi connectivity index (χ4n) is 3.05. The summed E-state index contributed by atoms with van der Waals surface area (Å²) in [5, 5.41) is 13.3. The van der Waals surface area contributed by atoms with Crippen LogP contribution in [0.25, 0.3) is 11.3 Å². The molecule has 5 heteroatoms. The number of halogens is 1. The zero-order valence-corrected chi connectivity index (χ0v) is 13.5. The molecule has 0 bridgehead atoms. The van der Waals surface area contributed by atoms with Crippen molar-refractivity contribution in [3.05, 3.63) is 42.2 Å². The van der Waals surface area contributed by atoms with E-state index in [1.54, 1.807) is 0 Å². The third kappa shape index (κ3) is 3.88. The number of nitrogens with zero attached hydrogens (tertiary/aromatic N) is 2. The minimum absolute atomic E-state index is 0. The first-order chi connectivity index (χ1) is 10.4. The molecule has 0 amide bonds. The smallest absolute Gasteiger partial charge is 0.154 e. The van der Waals surface area contributed by atoms with Gasteiger partial charge >= 0.3 is 0 Å². The molecule has 120 valence electrons. The Kier molecular flexibility index (Phi) is 6.43. The maximum atomic E-state index is 9.04. The van der Waals surface area contributed by atoms with Gasteiger partial charge in [-0.2, -0.15) is 0 Å². The molecular formula is C17H23ClN2O2. The van der Waals surface area contributed by atoms with E-state index in [0.29, 0.717) is 6.04 Å². The van der Waals surface area contributed by atoms with Gasteiger partial charge in [0.25, 0.3) is 0 Å². The highest BCUT2D eigenvalue weighted by Gasteiger charge is 2.27. The molecule has 1 atom stereocenters. The number of hydrogen-bond acceptors (Lipinski definition) is 4. The largest absolute Gasteiger partial charge is 0.396 e. The maximum Gasteiger partial charge on any atom is 0.154 e. The number of aliphatic hydroxyl groups excluding tert-OH is 1. The zero-order chi connectivity index (χ0) is 14.5. The topological polar surface area (TPSA) is 49.5 Å². The molecule has 4 nitrogen and oxygen atoms in total. The fraction of sp³-hybridized carbons (Fsp3) is 0.471. The van der Waals surface area contributed by atoms with Gasteiger partial charge in [-0.1, -0.05) is 41.9 Å². The second kappa shape index (κ2) is 8.32. The van der Waals surface area contributed by atoms with Gasteiger partial charge in [0.2, 0.25) is 0 Å². The van der Waals surface area contributed by atoms with E-state index < -0.39 is 0 Å². The minimum atomic E-state index is 0. The lowest BCUT2D eigenvalue weighted by molar-refractivity contribution is 0.113. The number of aromatic nitrogens is 1. The molecule has 0 saturated carbocycles. The molecular weight excluding hydrogens is 300 g/mol. The Hall–Kier alpha value is -1.36. The molecule has 1 saturated heterocycles. The van der Waals surface area contributed by atoms with Crippen molar-refractivity contribution in [3.63, 3.8) is 0 Å². The van der Waals surface area contributed by atoms with Crippen LogP contribution in [0, 0.1) is 0 Å². The number of aliphatic hydroxyl groups is 1. The molecule has 2 aromatic rings. The molecule has 3 rings (SSSR count). The van der Waals surface area contributed by atoms with E-state index in [0.717, 1.165) is 42.9 Å². The van der Waals surface area contributed by atoms with Gasteiger partial charge in [0.15, 0.2) is 5.76 Å². The van der Waals surface area contributed by atoms with Crippen LogP contribution < -0.4 is 0 Å². The predicted octanol–water partition coefficient (Wildman–Crippen LogP) is 3.67. The summed E-state index contributed by atoms with van der Waals surface area (Å²) >= 11 is 0. The molecule has 1 fully saturated rings. The van der Waals surface area contributed by atoms with Gasteiger partial charge in [-0.15, -0.1) is 12.4 Å². The van der Waals surface area contributed by atoms with E-state index in [1.807, 2.05) is 30.3 Å². The van der Waals surface area contributed by atoms with Crippen LogP contribution in [0.2, 0.25) is 0 Å². The quantitative estimate of drug-likeness (QED) is 0.912. The van der Waals surface area contributed by atoms with E-state index in [2.05, 4.69) is 16.1 Å². The van der Waals surface area contributed by atoms with Crippen LogP contribution in [-0.4, -0.2) is 34.9 Å². The first-order valence-corrected chi connectivity index (χ1v) is 7.75. The van der Waals surface area contributed by atoms with Gasteiger partial charge in [-0.05, 0) is 25.8 Å². The van der Waals surface area contributed by atoms with Crippen LogP contribution in [0.4, 0.5) is 0 Å². The van der Waals surface area contributed by atoms with E-state index in [4.69, 9.17) is 9.63 Å². The van der Waals surface area contributed by atoms with Crippen molar-refractivity contribution in [2.75, 3.05) is 19.7 Å². The molecule has 0 spiro atoms. The summed E-state index contributed by atoms with van der Waals surface area (Å²) < 4.78 is 5.61. The van der Waals surface area contributed by atoms with Gasteiger partial charge in [0, 0.05) is 24.8 Å². The predicted molar refractivity (Wildman–Crippen MR) is 89.1 cm³/mol. The molecule has 2 heterocycles. The number of likely N-dealkylation sites (tertiary alicyclic amines) is 1. The first-order valence-electron chi connectivity index (χ1n) is 7.75. The van der Waals surface area contributed by atoms with Crippen LogP contribution in [0.15, 0.2) is 40.9 Å². The van der Waals surface area contributed by atoms with Gasteiger partial charge < -0.3 is 9.63 Å². The zero-order valence-electron chi connectivity index (χ0n) is 12.6. The van der Waals surface area contributed by atoms with Crippen LogP contribution in [0.3, 0.4) is 0 Å². The molecule has 1 aromatic heterocycles. The summed E-state index contributed by atoms with van der Waals surface area (Å²) in [7, 11) is 0. The lowest BCUT2D eigenvalue weighted by Crippen LogP contribution is -2.34. The molecule has 1 aromatic carbocycles. The van der Waals surface area contributed by atoms with E-state index >= 15 is 0 Å². The maximum absolute atomic E-state index is 9.04. The minimum Gasteiger partial charge on any atom is -0.396 e. The standard InChI is InChI=1S/C17H22N2O2.ClH/c20-12-6-11-19-10-5-4-9-16(19)17-13-15(18-21-17)14-7-2-1-3-8-14;/h1-3,7-8,13,16,20H,4-6,9-12H2;1H. The van der Waals surface area contributed by atoms with Crippen LogP contribution in [-0.2, 0) is 0 Å². The van der Waals surface area contributed by atoms with Crippen molar-refractivity contribution in [2.45, 2.75) is 31.7 Å². The Morgan fingerprint density at radius 3 is 2.82 bits per heavy atom.